The number of aromatic nitrogens is 1. The number of pyridine rings is 1. The van der Waals surface area contributed by atoms with Gasteiger partial charge >= 0.3 is 0 Å². The minimum atomic E-state index is 0.213. The van der Waals surface area contributed by atoms with Gasteiger partial charge in [0.25, 0.3) is 0 Å². The van der Waals surface area contributed by atoms with Gasteiger partial charge in [0, 0.05) is 30.9 Å². The summed E-state index contributed by atoms with van der Waals surface area (Å²) in [4.78, 5) is 4.27. The van der Waals surface area contributed by atoms with Crippen molar-refractivity contribution in [2.75, 3.05) is 25.6 Å². The van der Waals surface area contributed by atoms with Gasteiger partial charge in [0.2, 0.25) is 0 Å². The predicted octanol–water partition coefficient (Wildman–Crippen LogP) is 3.32. The SMILES string of the molecule is COCCC(C)(C)CNc1ccc(Br)cn1. The first-order chi connectivity index (χ1) is 7.53. The Bertz CT molecular complexity index is 311. The number of hydrogen-bond donors (Lipinski definition) is 1. The number of hydrogen-bond acceptors (Lipinski definition) is 3. The number of halogens is 1. The normalized spacial score (nSPS) is 11.5. The van der Waals surface area contributed by atoms with E-state index in [2.05, 4.69) is 40.1 Å². The van der Waals surface area contributed by atoms with Crippen LogP contribution in [0, 0.1) is 5.41 Å². The van der Waals surface area contributed by atoms with Crippen molar-refractivity contribution in [3.05, 3.63) is 22.8 Å². The van der Waals surface area contributed by atoms with Crippen LogP contribution in [0.15, 0.2) is 22.8 Å². The van der Waals surface area contributed by atoms with Gasteiger partial charge in [-0.3, -0.25) is 0 Å². The highest BCUT2D eigenvalue weighted by Gasteiger charge is 2.17. The molecule has 90 valence electrons. The molecule has 0 spiro atoms. The molecule has 1 N–H and O–H groups in total. The fraction of sp³-hybridized carbons (Fsp3) is 0.583. The van der Waals surface area contributed by atoms with Crippen LogP contribution < -0.4 is 5.32 Å². The molecule has 1 heterocycles. The zero-order valence-corrected chi connectivity index (χ0v) is 11.7. The molecule has 0 amide bonds. The molecule has 0 saturated heterocycles. The summed E-state index contributed by atoms with van der Waals surface area (Å²) in [5.41, 5.74) is 0.213. The fourth-order valence-corrected chi connectivity index (χ4v) is 1.51. The molecule has 0 radical (unpaired) electrons. The van der Waals surface area contributed by atoms with Gasteiger partial charge in [0.1, 0.15) is 5.82 Å². The second kappa shape index (κ2) is 6.21. The highest BCUT2D eigenvalue weighted by molar-refractivity contribution is 9.10. The predicted molar refractivity (Wildman–Crippen MR) is 70.7 cm³/mol. The van der Waals surface area contributed by atoms with Gasteiger partial charge in [0.05, 0.1) is 0 Å². The highest BCUT2D eigenvalue weighted by Crippen LogP contribution is 2.21. The van der Waals surface area contributed by atoms with Crippen LogP contribution in [0.25, 0.3) is 0 Å². The third-order valence-corrected chi connectivity index (χ3v) is 2.93. The van der Waals surface area contributed by atoms with Gasteiger partial charge in [-0.15, -0.1) is 0 Å². The summed E-state index contributed by atoms with van der Waals surface area (Å²) in [7, 11) is 1.74. The molecule has 0 atom stereocenters. The molecular formula is C12H19BrN2O. The van der Waals surface area contributed by atoms with Crippen molar-refractivity contribution in [1.29, 1.82) is 0 Å². The van der Waals surface area contributed by atoms with E-state index in [4.69, 9.17) is 4.74 Å². The lowest BCUT2D eigenvalue weighted by Crippen LogP contribution is -2.24. The summed E-state index contributed by atoms with van der Waals surface area (Å²) in [5.74, 6) is 0.911. The van der Waals surface area contributed by atoms with E-state index in [1.807, 2.05) is 12.1 Å². The highest BCUT2D eigenvalue weighted by atomic mass is 79.9. The van der Waals surface area contributed by atoms with E-state index >= 15 is 0 Å². The van der Waals surface area contributed by atoms with Crippen LogP contribution in [0.1, 0.15) is 20.3 Å². The van der Waals surface area contributed by atoms with Crippen LogP contribution in [-0.2, 0) is 4.74 Å². The van der Waals surface area contributed by atoms with Crippen LogP contribution in [0.4, 0.5) is 5.82 Å². The van der Waals surface area contributed by atoms with E-state index in [1.165, 1.54) is 0 Å². The first-order valence-electron chi connectivity index (χ1n) is 5.38. The molecule has 1 rings (SSSR count). The van der Waals surface area contributed by atoms with Crippen LogP contribution in [0.3, 0.4) is 0 Å². The average molecular weight is 287 g/mol. The maximum absolute atomic E-state index is 5.10. The van der Waals surface area contributed by atoms with Crippen LogP contribution in [0.5, 0.6) is 0 Å². The Morgan fingerprint density at radius 3 is 2.75 bits per heavy atom. The number of rotatable bonds is 6. The number of methoxy groups -OCH3 is 1. The van der Waals surface area contributed by atoms with Crippen molar-refractivity contribution in [2.45, 2.75) is 20.3 Å². The molecular weight excluding hydrogens is 268 g/mol. The summed E-state index contributed by atoms with van der Waals surface area (Å²) >= 11 is 3.36. The van der Waals surface area contributed by atoms with Gasteiger partial charge < -0.3 is 10.1 Å². The van der Waals surface area contributed by atoms with Crippen LogP contribution >= 0.6 is 15.9 Å². The van der Waals surface area contributed by atoms with Crippen molar-refractivity contribution < 1.29 is 4.74 Å². The molecule has 1 aromatic rings. The Hall–Kier alpha value is -0.610. The first-order valence-corrected chi connectivity index (χ1v) is 6.17. The summed E-state index contributed by atoms with van der Waals surface area (Å²) in [6, 6.07) is 3.95. The lowest BCUT2D eigenvalue weighted by molar-refractivity contribution is 0.157. The Morgan fingerprint density at radius 2 is 2.19 bits per heavy atom. The molecule has 0 fully saturated rings. The molecule has 3 nitrogen and oxygen atoms in total. The molecule has 4 heteroatoms. The molecule has 0 bridgehead atoms. The van der Waals surface area contributed by atoms with E-state index in [0.717, 1.165) is 29.9 Å². The summed E-state index contributed by atoms with van der Waals surface area (Å²) < 4.78 is 6.09. The molecule has 16 heavy (non-hydrogen) atoms. The van der Waals surface area contributed by atoms with Crippen molar-refractivity contribution in [2.24, 2.45) is 5.41 Å². The standard InChI is InChI=1S/C12H19BrN2O/c1-12(2,6-7-16-3)9-15-11-5-4-10(13)8-14-11/h4-5,8H,6-7,9H2,1-3H3,(H,14,15). The molecule has 0 aromatic carbocycles. The lowest BCUT2D eigenvalue weighted by Gasteiger charge is -2.24. The number of nitrogens with zero attached hydrogens (tertiary/aromatic N) is 1. The van der Waals surface area contributed by atoms with Crippen LogP contribution in [0.2, 0.25) is 0 Å². The Kier molecular flexibility index (Phi) is 5.22. The van der Waals surface area contributed by atoms with Gasteiger partial charge in [-0.05, 0) is 39.9 Å². The summed E-state index contributed by atoms with van der Waals surface area (Å²) in [6.45, 7) is 6.13. The Morgan fingerprint density at radius 1 is 1.44 bits per heavy atom. The average Bonchev–Trinajstić information content (AvgIpc) is 2.26. The molecule has 1 aromatic heterocycles. The smallest absolute Gasteiger partial charge is 0.125 e. The Balaban J connectivity index is 2.41. The largest absolute Gasteiger partial charge is 0.385 e. The summed E-state index contributed by atoms with van der Waals surface area (Å²) in [6.07, 6.45) is 2.83. The second-order valence-corrected chi connectivity index (χ2v) is 5.54. The monoisotopic (exact) mass is 286 g/mol. The molecule has 0 saturated carbocycles. The van der Waals surface area contributed by atoms with Gasteiger partial charge in [0.15, 0.2) is 0 Å². The molecule has 0 aliphatic carbocycles. The van der Waals surface area contributed by atoms with Crippen molar-refractivity contribution in [3.63, 3.8) is 0 Å². The van der Waals surface area contributed by atoms with Gasteiger partial charge in [-0.1, -0.05) is 13.8 Å². The maximum atomic E-state index is 5.10. The summed E-state index contributed by atoms with van der Waals surface area (Å²) in [5, 5.41) is 3.33. The number of anilines is 1. The minimum Gasteiger partial charge on any atom is -0.385 e. The van der Waals surface area contributed by atoms with Crippen molar-refractivity contribution in [1.82, 2.24) is 4.98 Å². The number of nitrogens with one attached hydrogen (secondary N) is 1. The third kappa shape index (κ3) is 4.94. The van der Waals surface area contributed by atoms with E-state index in [1.54, 1.807) is 13.3 Å². The molecule has 0 aliphatic heterocycles. The van der Waals surface area contributed by atoms with E-state index < -0.39 is 0 Å². The van der Waals surface area contributed by atoms with Crippen molar-refractivity contribution >= 4 is 21.7 Å². The zero-order chi connectivity index (χ0) is 12.0. The van der Waals surface area contributed by atoms with E-state index in [-0.39, 0.29) is 5.41 Å². The number of ether oxygens (including phenoxy) is 1. The van der Waals surface area contributed by atoms with Crippen molar-refractivity contribution in [3.8, 4) is 0 Å². The maximum Gasteiger partial charge on any atom is 0.125 e. The zero-order valence-electron chi connectivity index (χ0n) is 10.1. The van der Waals surface area contributed by atoms with Gasteiger partial charge in [-0.2, -0.15) is 0 Å². The van der Waals surface area contributed by atoms with Crippen LogP contribution in [-0.4, -0.2) is 25.2 Å². The lowest BCUT2D eigenvalue weighted by atomic mass is 9.90. The van der Waals surface area contributed by atoms with E-state index in [0.29, 0.717) is 0 Å². The molecule has 0 aliphatic rings. The second-order valence-electron chi connectivity index (χ2n) is 4.62. The Labute approximate surface area is 106 Å². The first kappa shape index (κ1) is 13.5. The quantitative estimate of drug-likeness (QED) is 0.871. The van der Waals surface area contributed by atoms with Gasteiger partial charge in [-0.25, -0.2) is 4.98 Å². The fourth-order valence-electron chi connectivity index (χ4n) is 1.28. The topological polar surface area (TPSA) is 34.1 Å². The molecule has 0 unspecified atom stereocenters. The third-order valence-electron chi connectivity index (χ3n) is 2.46. The minimum absolute atomic E-state index is 0.213. The van der Waals surface area contributed by atoms with E-state index in [9.17, 15) is 0 Å².